The number of nitrogens with one attached hydrogen (secondary N) is 3. The van der Waals surface area contributed by atoms with Gasteiger partial charge in [0.25, 0.3) is 17.7 Å². The van der Waals surface area contributed by atoms with Gasteiger partial charge in [-0.05, 0) is 91.0 Å². The molecule has 4 aromatic carbocycles. The molecule has 12 heteroatoms. The number of hydrogen-bond acceptors (Lipinski definition) is 9. The lowest BCUT2D eigenvalue weighted by Crippen LogP contribution is -2.19. The molecule has 3 amide bonds. The molecule has 0 fully saturated rings. The molecule has 0 radical (unpaired) electrons. The van der Waals surface area contributed by atoms with Crippen LogP contribution in [0.3, 0.4) is 0 Å². The lowest BCUT2D eigenvalue weighted by molar-refractivity contribution is -0.134. The van der Waals surface area contributed by atoms with E-state index >= 15 is 0 Å². The average Bonchev–Trinajstić information content (AvgIpc) is 3.10. The van der Waals surface area contributed by atoms with Crippen molar-refractivity contribution in [3.05, 3.63) is 108 Å². The van der Waals surface area contributed by atoms with E-state index in [-0.39, 0.29) is 36.0 Å². The highest BCUT2D eigenvalue weighted by molar-refractivity contribution is 6.13. The van der Waals surface area contributed by atoms with Crippen LogP contribution in [-0.2, 0) is 14.4 Å². The van der Waals surface area contributed by atoms with Crippen LogP contribution in [0.4, 0.5) is 17.1 Å². The average molecular weight is 652 g/mol. The lowest BCUT2D eigenvalue weighted by atomic mass is 10.0. The summed E-state index contributed by atoms with van der Waals surface area (Å²) in [5, 5.41) is 8.14. The monoisotopic (exact) mass is 651 g/mol. The van der Waals surface area contributed by atoms with E-state index in [1.165, 1.54) is 54.6 Å². The summed E-state index contributed by atoms with van der Waals surface area (Å²) >= 11 is 0. The highest BCUT2D eigenvalue weighted by atomic mass is 16.5. The first-order valence-electron chi connectivity index (χ1n) is 15.1. The third-order valence-corrected chi connectivity index (χ3v) is 6.62. The molecule has 0 aliphatic rings. The highest BCUT2D eigenvalue weighted by Crippen LogP contribution is 2.22. The molecule has 4 rings (SSSR count). The molecule has 0 aliphatic carbocycles. The Hall–Kier alpha value is -6.30. The van der Waals surface area contributed by atoms with Gasteiger partial charge in [-0.25, -0.2) is 0 Å². The predicted octanol–water partition coefficient (Wildman–Crippen LogP) is 6.39. The molecule has 246 valence electrons. The van der Waals surface area contributed by atoms with Crippen molar-refractivity contribution in [2.45, 2.75) is 40.0 Å². The first-order chi connectivity index (χ1) is 23.1. The Balaban J connectivity index is 1.57. The van der Waals surface area contributed by atoms with Gasteiger partial charge in [0.15, 0.2) is 0 Å². The predicted molar refractivity (Wildman–Crippen MR) is 177 cm³/mol. The van der Waals surface area contributed by atoms with Gasteiger partial charge in [-0.15, -0.1) is 0 Å². The second kappa shape index (κ2) is 16.3. The molecule has 0 saturated carbocycles. The molecule has 0 saturated heterocycles. The minimum Gasteiger partial charge on any atom is -0.427 e. The van der Waals surface area contributed by atoms with Crippen LogP contribution in [-0.4, -0.2) is 35.6 Å². The van der Waals surface area contributed by atoms with Crippen molar-refractivity contribution in [1.29, 1.82) is 0 Å². The van der Waals surface area contributed by atoms with Crippen LogP contribution in [0.1, 0.15) is 71.1 Å². The summed E-state index contributed by atoms with van der Waals surface area (Å²) in [5.74, 6) is -2.11. The molecule has 3 N–H and O–H groups in total. The summed E-state index contributed by atoms with van der Waals surface area (Å²) in [6.45, 7) is 5.01. The highest BCUT2D eigenvalue weighted by Gasteiger charge is 2.18. The van der Waals surface area contributed by atoms with E-state index in [0.717, 1.165) is 0 Å². The fraction of sp³-hybridized carbons (Fsp3) is 0.167. The zero-order valence-corrected chi connectivity index (χ0v) is 26.5. The van der Waals surface area contributed by atoms with Crippen molar-refractivity contribution in [1.82, 2.24) is 0 Å². The van der Waals surface area contributed by atoms with Gasteiger partial charge in [0, 0.05) is 53.0 Å². The summed E-state index contributed by atoms with van der Waals surface area (Å²) in [7, 11) is 0. The van der Waals surface area contributed by atoms with E-state index in [9.17, 15) is 28.8 Å². The molecular formula is C36H33N3O9. The van der Waals surface area contributed by atoms with E-state index < -0.39 is 35.6 Å². The van der Waals surface area contributed by atoms with Crippen LogP contribution in [0.15, 0.2) is 91.0 Å². The van der Waals surface area contributed by atoms with E-state index in [1.54, 1.807) is 57.2 Å². The van der Waals surface area contributed by atoms with Gasteiger partial charge >= 0.3 is 17.9 Å². The second-order valence-corrected chi connectivity index (χ2v) is 10.2. The van der Waals surface area contributed by atoms with E-state index in [4.69, 9.17) is 14.2 Å². The van der Waals surface area contributed by atoms with Gasteiger partial charge in [0.2, 0.25) is 0 Å². The van der Waals surface area contributed by atoms with Crippen LogP contribution >= 0.6 is 0 Å². The smallest absolute Gasteiger partial charge is 0.310 e. The number of esters is 3. The molecule has 0 aromatic heterocycles. The summed E-state index contributed by atoms with van der Waals surface area (Å²) < 4.78 is 15.5. The molecule has 12 nitrogen and oxygen atoms in total. The normalized spacial score (nSPS) is 10.3. The summed E-state index contributed by atoms with van der Waals surface area (Å²) in [4.78, 5) is 74.8. The van der Waals surface area contributed by atoms with E-state index in [2.05, 4.69) is 16.0 Å². The molecule has 0 atom stereocenters. The SMILES string of the molecule is CCC(=O)Oc1ccc(NC(=O)c2cc(C(=O)Nc3ccc(OC(=O)CC)cc3)cc(C(=O)Nc3ccc(OC(=O)CC)cc3)c2)cc1. The van der Waals surface area contributed by atoms with Crippen LogP contribution in [0.5, 0.6) is 17.2 Å². The zero-order chi connectivity index (χ0) is 34.6. The molecule has 4 aromatic rings. The fourth-order valence-electron chi connectivity index (χ4n) is 4.06. The Bertz CT molecular complexity index is 1590. The molecule has 0 bridgehead atoms. The van der Waals surface area contributed by atoms with Crippen LogP contribution in [0.25, 0.3) is 0 Å². The lowest BCUT2D eigenvalue weighted by Gasteiger charge is -2.12. The topological polar surface area (TPSA) is 166 Å². The van der Waals surface area contributed by atoms with Gasteiger partial charge in [-0.2, -0.15) is 0 Å². The molecule has 0 spiro atoms. The zero-order valence-electron chi connectivity index (χ0n) is 26.5. The number of ether oxygens (including phenoxy) is 3. The van der Waals surface area contributed by atoms with Crippen molar-refractivity contribution in [2.75, 3.05) is 16.0 Å². The standard InChI is InChI=1S/C36H33N3O9/c1-4-31(40)46-28-13-7-25(8-14-28)37-34(43)22-19-23(35(44)38-26-9-15-29(16-10-26)47-32(41)5-2)21-24(20-22)36(45)39-27-11-17-30(18-12-27)48-33(42)6-3/h7-21H,4-6H2,1-3H3,(H,37,43)(H,38,44)(H,39,45). The number of carbonyl (C=O) groups excluding carboxylic acids is 6. The Morgan fingerprint density at radius 2 is 0.646 bits per heavy atom. The quantitative estimate of drug-likeness (QED) is 0.116. The van der Waals surface area contributed by atoms with Crippen molar-refractivity contribution < 1.29 is 43.0 Å². The summed E-state index contributed by atoms with van der Waals surface area (Å²) in [6.07, 6.45) is 0.618. The van der Waals surface area contributed by atoms with Crippen molar-refractivity contribution in [3.63, 3.8) is 0 Å². The Morgan fingerprint density at radius 1 is 0.417 bits per heavy atom. The minimum absolute atomic E-state index is 0.0120. The van der Waals surface area contributed by atoms with Crippen molar-refractivity contribution in [3.8, 4) is 17.2 Å². The molecule has 48 heavy (non-hydrogen) atoms. The van der Waals surface area contributed by atoms with Gasteiger partial charge in [0.1, 0.15) is 17.2 Å². The number of anilines is 3. The Morgan fingerprint density at radius 3 is 0.854 bits per heavy atom. The van der Waals surface area contributed by atoms with E-state index in [0.29, 0.717) is 34.3 Å². The number of benzene rings is 4. The molecule has 0 heterocycles. The van der Waals surface area contributed by atoms with E-state index in [1.807, 2.05) is 0 Å². The third-order valence-electron chi connectivity index (χ3n) is 6.62. The van der Waals surface area contributed by atoms with Gasteiger partial charge in [-0.3, -0.25) is 28.8 Å². The van der Waals surface area contributed by atoms with Gasteiger partial charge in [-0.1, -0.05) is 20.8 Å². The van der Waals surface area contributed by atoms with Gasteiger partial charge in [0.05, 0.1) is 0 Å². The third kappa shape index (κ3) is 9.85. The Kier molecular flexibility index (Phi) is 11.8. The number of rotatable bonds is 12. The van der Waals surface area contributed by atoms with Crippen molar-refractivity contribution >= 4 is 52.7 Å². The second-order valence-electron chi connectivity index (χ2n) is 10.2. The minimum atomic E-state index is -0.610. The maximum Gasteiger partial charge on any atom is 0.310 e. The maximum absolute atomic E-state index is 13.3. The largest absolute Gasteiger partial charge is 0.427 e. The molecule has 0 aliphatic heterocycles. The summed E-state index contributed by atoms with van der Waals surface area (Å²) in [5.41, 5.74) is 1.17. The summed E-state index contributed by atoms with van der Waals surface area (Å²) in [6, 6.07) is 22.4. The first kappa shape index (κ1) is 34.6. The molecule has 0 unspecified atom stereocenters. The number of amides is 3. The fourth-order valence-corrected chi connectivity index (χ4v) is 4.06. The Labute approximate surface area is 276 Å². The first-order valence-corrected chi connectivity index (χ1v) is 15.1. The maximum atomic E-state index is 13.3. The molecular weight excluding hydrogens is 618 g/mol. The van der Waals surface area contributed by atoms with Gasteiger partial charge < -0.3 is 30.2 Å². The van der Waals surface area contributed by atoms with Crippen LogP contribution in [0.2, 0.25) is 0 Å². The van der Waals surface area contributed by atoms with Crippen LogP contribution < -0.4 is 30.2 Å². The number of carbonyl (C=O) groups is 6. The van der Waals surface area contributed by atoms with Crippen LogP contribution in [0, 0.1) is 0 Å². The number of hydrogen-bond donors (Lipinski definition) is 3. The van der Waals surface area contributed by atoms with Crippen molar-refractivity contribution in [2.24, 2.45) is 0 Å².